The summed E-state index contributed by atoms with van der Waals surface area (Å²) in [7, 11) is 4.38. The second-order valence-corrected chi connectivity index (χ2v) is 7.85. The number of rotatable bonds is 0. The van der Waals surface area contributed by atoms with Gasteiger partial charge < -0.3 is 24.0 Å². The zero-order valence-electron chi connectivity index (χ0n) is 18.2. The van der Waals surface area contributed by atoms with Crippen LogP contribution in [0.25, 0.3) is 0 Å². The van der Waals surface area contributed by atoms with Gasteiger partial charge >= 0.3 is 0 Å². The molecule has 29 heavy (non-hydrogen) atoms. The van der Waals surface area contributed by atoms with Gasteiger partial charge in [-0.15, -0.1) is 0 Å². The lowest BCUT2D eigenvalue weighted by Crippen LogP contribution is -2.38. The fraction of sp³-hybridized carbons (Fsp3) is 0.727. The first-order valence-electron chi connectivity index (χ1n) is 10.9. The molecule has 2 heterocycles. The largest absolute Gasteiger partial charge is 0.379 e. The van der Waals surface area contributed by atoms with Crippen LogP contribution in [0.1, 0.15) is 0 Å². The van der Waals surface area contributed by atoms with Gasteiger partial charge in [-0.05, 0) is 12.1 Å². The number of anilines is 2. The van der Waals surface area contributed by atoms with Crippen molar-refractivity contribution < 1.29 is 14.2 Å². The van der Waals surface area contributed by atoms with Crippen LogP contribution in [0.5, 0.6) is 0 Å². The van der Waals surface area contributed by atoms with E-state index in [-0.39, 0.29) is 0 Å². The molecule has 164 valence electrons. The molecule has 0 aliphatic carbocycles. The molecule has 0 spiro atoms. The van der Waals surface area contributed by atoms with Crippen LogP contribution in [-0.4, -0.2) is 116 Å². The summed E-state index contributed by atoms with van der Waals surface area (Å²) in [6, 6.07) is 8.72. The van der Waals surface area contributed by atoms with E-state index in [9.17, 15) is 0 Å². The van der Waals surface area contributed by atoms with E-state index in [2.05, 4.69) is 58.0 Å². The monoisotopic (exact) mass is 406 g/mol. The highest BCUT2D eigenvalue weighted by Gasteiger charge is 2.15. The number of para-hydroxylation sites is 2. The summed E-state index contributed by atoms with van der Waals surface area (Å²) in [5.74, 6) is 0. The van der Waals surface area contributed by atoms with E-state index in [1.165, 1.54) is 11.4 Å². The Morgan fingerprint density at radius 1 is 0.517 bits per heavy atom. The molecule has 2 bridgehead atoms. The van der Waals surface area contributed by atoms with Crippen molar-refractivity contribution in [1.82, 2.24) is 9.80 Å². The molecule has 2 aliphatic rings. The van der Waals surface area contributed by atoms with E-state index in [0.717, 1.165) is 78.8 Å². The zero-order valence-corrected chi connectivity index (χ0v) is 18.2. The number of hydrogen-bond donors (Lipinski definition) is 0. The minimum absolute atomic E-state index is 0.667. The molecule has 7 nitrogen and oxygen atoms in total. The molecule has 2 atom stereocenters. The number of likely N-dealkylation sites (N-methyl/N-ethyl adjacent to an activating group) is 2. The number of hydrogen-bond acceptors (Lipinski definition) is 7. The maximum Gasteiger partial charge on any atom is 0.0701 e. The van der Waals surface area contributed by atoms with Gasteiger partial charge in [0.15, 0.2) is 0 Å². The van der Waals surface area contributed by atoms with E-state index in [1.54, 1.807) is 0 Å². The highest BCUT2D eigenvalue weighted by Crippen LogP contribution is 2.27. The SMILES string of the molecule is CN1CCN2CCOCCOCCN(CCOCC2)CCN(C)c2ccccc21. The summed E-state index contributed by atoms with van der Waals surface area (Å²) >= 11 is 0. The Morgan fingerprint density at radius 3 is 1.31 bits per heavy atom. The van der Waals surface area contributed by atoms with Gasteiger partial charge in [0, 0.05) is 66.5 Å². The Morgan fingerprint density at radius 2 is 0.897 bits per heavy atom. The van der Waals surface area contributed by atoms with Crippen LogP contribution in [0.15, 0.2) is 24.3 Å². The Kier molecular flexibility index (Phi) is 9.50. The fourth-order valence-electron chi connectivity index (χ4n) is 3.80. The van der Waals surface area contributed by atoms with Crippen molar-refractivity contribution in [2.24, 2.45) is 0 Å². The third-order valence-corrected chi connectivity index (χ3v) is 5.79. The summed E-state index contributed by atoms with van der Waals surface area (Å²) in [5, 5.41) is 0. The predicted molar refractivity (Wildman–Crippen MR) is 118 cm³/mol. The minimum atomic E-state index is 0.667. The van der Waals surface area contributed by atoms with Crippen LogP contribution in [0, 0.1) is 0 Å². The van der Waals surface area contributed by atoms with Gasteiger partial charge in [-0.2, -0.15) is 0 Å². The molecule has 1 aromatic carbocycles. The normalized spacial score (nSPS) is 26.6. The first-order valence-corrected chi connectivity index (χ1v) is 10.9. The molecule has 1 saturated heterocycles. The Balaban J connectivity index is 1.79. The van der Waals surface area contributed by atoms with Crippen LogP contribution >= 0.6 is 0 Å². The topological polar surface area (TPSA) is 40.6 Å². The first-order chi connectivity index (χ1) is 14.2. The predicted octanol–water partition coefficient (Wildman–Crippen LogP) is 1.24. The Labute approximate surface area is 176 Å². The third-order valence-electron chi connectivity index (χ3n) is 5.79. The van der Waals surface area contributed by atoms with Gasteiger partial charge in [-0.25, -0.2) is 0 Å². The number of fused-ring (bicyclic) bond motifs is 7. The molecule has 0 amide bonds. The van der Waals surface area contributed by atoms with E-state index >= 15 is 0 Å². The molecule has 2 unspecified atom stereocenters. The third kappa shape index (κ3) is 7.42. The maximum absolute atomic E-state index is 5.97. The van der Waals surface area contributed by atoms with Gasteiger partial charge in [-0.3, -0.25) is 9.80 Å². The molecule has 0 saturated carbocycles. The van der Waals surface area contributed by atoms with Crippen LogP contribution in [0.3, 0.4) is 0 Å². The van der Waals surface area contributed by atoms with Crippen molar-refractivity contribution in [2.45, 2.75) is 0 Å². The molecule has 3 rings (SSSR count). The van der Waals surface area contributed by atoms with Gasteiger partial charge in [0.05, 0.1) is 51.0 Å². The molecule has 1 fully saturated rings. The Hall–Kier alpha value is -1.38. The van der Waals surface area contributed by atoms with Crippen molar-refractivity contribution >= 4 is 11.4 Å². The summed E-state index contributed by atoms with van der Waals surface area (Å²) in [6.45, 7) is 12.0. The van der Waals surface area contributed by atoms with Crippen LogP contribution in [-0.2, 0) is 14.2 Å². The van der Waals surface area contributed by atoms with Gasteiger partial charge in [-0.1, -0.05) is 12.1 Å². The quantitative estimate of drug-likeness (QED) is 0.601. The molecule has 7 heteroatoms. The van der Waals surface area contributed by atoms with Crippen molar-refractivity contribution in [2.75, 3.05) is 116 Å². The highest BCUT2D eigenvalue weighted by atomic mass is 16.5. The average Bonchev–Trinajstić information content (AvgIpc) is 2.75. The molecule has 2 aliphatic heterocycles. The molecule has 0 aromatic heterocycles. The van der Waals surface area contributed by atoms with Crippen molar-refractivity contribution in [1.29, 1.82) is 0 Å². The smallest absolute Gasteiger partial charge is 0.0701 e. The molecular formula is C22H38N4O3. The van der Waals surface area contributed by atoms with Crippen LogP contribution < -0.4 is 9.80 Å². The highest BCUT2D eigenvalue weighted by molar-refractivity contribution is 5.70. The van der Waals surface area contributed by atoms with Crippen LogP contribution in [0.2, 0.25) is 0 Å². The minimum Gasteiger partial charge on any atom is -0.379 e. The lowest BCUT2D eigenvalue weighted by Gasteiger charge is -2.31. The lowest BCUT2D eigenvalue weighted by molar-refractivity contribution is 0.0327. The van der Waals surface area contributed by atoms with E-state index in [1.807, 2.05) is 0 Å². The lowest BCUT2D eigenvalue weighted by atomic mass is 10.2. The van der Waals surface area contributed by atoms with E-state index in [0.29, 0.717) is 13.2 Å². The molecule has 1 aromatic rings. The van der Waals surface area contributed by atoms with Gasteiger partial charge in [0.1, 0.15) is 0 Å². The zero-order chi connectivity index (χ0) is 20.3. The van der Waals surface area contributed by atoms with Crippen molar-refractivity contribution in [3.63, 3.8) is 0 Å². The number of nitrogens with zero attached hydrogens (tertiary/aromatic N) is 4. The average molecular weight is 407 g/mol. The number of ether oxygens (including phenoxy) is 3. The molecule has 0 radical (unpaired) electrons. The Bertz CT molecular complexity index is 540. The fourth-order valence-corrected chi connectivity index (χ4v) is 3.80. The summed E-state index contributed by atoms with van der Waals surface area (Å²) < 4.78 is 17.5. The van der Waals surface area contributed by atoms with E-state index in [4.69, 9.17) is 14.2 Å². The van der Waals surface area contributed by atoms with Gasteiger partial charge in [0.2, 0.25) is 0 Å². The van der Waals surface area contributed by atoms with Crippen molar-refractivity contribution in [3.8, 4) is 0 Å². The first kappa shape index (κ1) is 22.3. The van der Waals surface area contributed by atoms with Crippen molar-refractivity contribution in [3.05, 3.63) is 24.3 Å². The summed E-state index contributed by atoms with van der Waals surface area (Å²) in [6.07, 6.45) is 0. The molecular weight excluding hydrogens is 368 g/mol. The number of benzene rings is 1. The molecule has 0 N–H and O–H groups in total. The standard InChI is InChI=1S/C22H38N4O3/c1-23-7-9-25-11-15-27-16-12-26(14-18-29-20-19-28-17-13-25)10-8-24(2)22-6-4-3-5-21(22)23/h3-6H,7-20H2,1-2H3. The second-order valence-electron chi connectivity index (χ2n) is 7.85. The second kappa shape index (κ2) is 12.3. The maximum atomic E-state index is 5.97. The summed E-state index contributed by atoms with van der Waals surface area (Å²) in [4.78, 5) is 9.63. The summed E-state index contributed by atoms with van der Waals surface area (Å²) in [5.41, 5.74) is 2.57. The van der Waals surface area contributed by atoms with Crippen LogP contribution in [0.4, 0.5) is 11.4 Å². The van der Waals surface area contributed by atoms with Gasteiger partial charge in [0.25, 0.3) is 0 Å². The van der Waals surface area contributed by atoms with E-state index < -0.39 is 0 Å².